The second-order valence-electron chi connectivity index (χ2n) is 3.73. The molecule has 0 aliphatic carbocycles. The molecule has 0 amide bonds. The van der Waals surface area contributed by atoms with Crippen LogP contribution < -0.4 is 5.56 Å². The van der Waals surface area contributed by atoms with Gasteiger partial charge in [-0.25, -0.2) is 0 Å². The Balaban J connectivity index is 3.01. The molecule has 0 unspecified atom stereocenters. The third-order valence-corrected chi connectivity index (χ3v) is 2.32. The Bertz CT molecular complexity index is 521. The van der Waals surface area contributed by atoms with E-state index in [0.29, 0.717) is 12.1 Å². The van der Waals surface area contributed by atoms with Gasteiger partial charge in [0.2, 0.25) is 0 Å². The SMILES string of the molecule is CCCOC(=O)Cn1c(C)ccc([N+](=O)[O-])c1=O. The first kappa shape index (κ1) is 13.9. The average Bonchev–Trinajstić information content (AvgIpc) is 2.31. The Kier molecular flexibility index (Phi) is 4.59. The lowest BCUT2D eigenvalue weighted by atomic mass is 10.3. The number of rotatable bonds is 5. The minimum Gasteiger partial charge on any atom is -0.464 e. The zero-order valence-corrected chi connectivity index (χ0v) is 10.2. The summed E-state index contributed by atoms with van der Waals surface area (Å²) in [6.45, 7) is 3.39. The van der Waals surface area contributed by atoms with Gasteiger partial charge < -0.3 is 4.74 Å². The number of ether oxygens (including phenoxy) is 1. The Morgan fingerprint density at radius 3 is 2.72 bits per heavy atom. The first-order chi connectivity index (χ1) is 8.47. The molecule has 0 radical (unpaired) electrons. The summed E-state index contributed by atoms with van der Waals surface area (Å²) in [5, 5.41) is 10.6. The molecule has 7 nitrogen and oxygen atoms in total. The van der Waals surface area contributed by atoms with Crippen LogP contribution in [-0.2, 0) is 16.1 Å². The molecule has 1 rings (SSSR count). The maximum Gasteiger partial charge on any atom is 0.334 e. The van der Waals surface area contributed by atoms with Crippen LogP contribution in [0.15, 0.2) is 16.9 Å². The molecule has 0 saturated carbocycles. The lowest BCUT2D eigenvalue weighted by molar-refractivity contribution is -0.386. The normalized spacial score (nSPS) is 10.1. The van der Waals surface area contributed by atoms with Crippen molar-refractivity contribution < 1.29 is 14.5 Å². The second-order valence-corrected chi connectivity index (χ2v) is 3.73. The lowest BCUT2D eigenvalue weighted by Crippen LogP contribution is -2.28. The lowest BCUT2D eigenvalue weighted by Gasteiger charge is -2.08. The molecule has 0 N–H and O–H groups in total. The smallest absolute Gasteiger partial charge is 0.334 e. The van der Waals surface area contributed by atoms with Crippen LogP contribution in [-0.4, -0.2) is 22.1 Å². The van der Waals surface area contributed by atoms with Crippen LogP contribution in [0.3, 0.4) is 0 Å². The number of carbonyl (C=O) groups excluding carboxylic acids is 1. The highest BCUT2D eigenvalue weighted by Gasteiger charge is 2.17. The summed E-state index contributed by atoms with van der Waals surface area (Å²) in [5.41, 5.74) is -0.878. The molecule has 1 heterocycles. The van der Waals surface area contributed by atoms with E-state index < -0.39 is 22.1 Å². The molecule has 0 bridgehead atoms. The summed E-state index contributed by atoms with van der Waals surface area (Å²) >= 11 is 0. The topological polar surface area (TPSA) is 91.4 Å². The minimum atomic E-state index is -0.798. The van der Waals surface area contributed by atoms with Crippen LogP contribution in [0.4, 0.5) is 5.69 Å². The Morgan fingerprint density at radius 2 is 2.17 bits per heavy atom. The predicted octanol–water partition coefficient (Wildman–Crippen LogP) is 1.02. The summed E-state index contributed by atoms with van der Waals surface area (Å²) in [4.78, 5) is 33.0. The maximum atomic E-state index is 11.8. The van der Waals surface area contributed by atoms with Gasteiger partial charge in [-0.15, -0.1) is 0 Å². The largest absolute Gasteiger partial charge is 0.464 e. The van der Waals surface area contributed by atoms with Gasteiger partial charge in [-0.2, -0.15) is 0 Å². The molecule has 0 aliphatic heterocycles. The van der Waals surface area contributed by atoms with E-state index >= 15 is 0 Å². The van der Waals surface area contributed by atoms with Crippen LogP contribution in [0.25, 0.3) is 0 Å². The summed E-state index contributed by atoms with van der Waals surface area (Å²) in [6.07, 6.45) is 0.675. The standard InChI is InChI=1S/C11H14N2O5/c1-3-6-18-10(14)7-12-8(2)4-5-9(11(12)15)13(16)17/h4-5H,3,6-7H2,1-2H3. The van der Waals surface area contributed by atoms with Crippen LogP contribution in [0.5, 0.6) is 0 Å². The van der Waals surface area contributed by atoms with Gasteiger partial charge in [-0.3, -0.25) is 24.3 Å². The van der Waals surface area contributed by atoms with E-state index in [2.05, 4.69) is 0 Å². The fourth-order valence-electron chi connectivity index (χ4n) is 1.39. The van der Waals surface area contributed by atoms with Crippen molar-refractivity contribution in [2.24, 2.45) is 0 Å². The molecule has 0 saturated heterocycles. The summed E-state index contributed by atoms with van der Waals surface area (Å²) < 4.78 is 5.87. The molecule has 0 aromatic carbocycles. The molecule has 1 aromatic heterocycles. The minimum absolute atomic E-state index is 0.265. The van der Waals surface area contributed by atoms with Crippen LogP contribution in [0, 0.1) is 17.0 Å². The van der Waals surface area contributed by atoms with Crippen LogP contribution in [0.1, 0.15) is 19.0 Å². The molecule has 0 fully saturated rings. The van der Waals surface area contributed by atoms with Crippen molar-refractivity contribution in [3.63, 3.8) is 0 Å². The molecular weight excluding hydrogens is 240 g/mol. The zero-order chi connectivity index (χ0) is 13.7. The number of esters is 1. The number of aryl methyl sites for hydroxylation is 1. The number of carbonyl (C=O) groups is 1. The van der Waals surface area contributed by atoms with Crippen molar-refractivity contribution in [2.45, 2.75) is 26.8 Å². The molecule has 0 atom stereocenters. The molecular formula is C11H14N2O5. The third kappa shape index (κ3) is 3.16. The van der Waals surface area contributed by atoms with Gasteiger partial charge in [0.1, 0.15) is 6.54 Å². The first-order valence-corrected chi connectivity index (χ1v) is 5.47. The molecule has 7 heteroatoms. The Labute approximate surface area is 103 Å². The van der Waals surface area contributed by atoms with Gasteiger partial charge in [-0.05, 0) is 19.4 Å². The highest BCUT2D eigenvalue weighted by Crippen LogP contribution is 2.06. The van der Waals surface area contributed by atoms with Crippen molar-refractivity contribution >= 4 is 11.7 Å². The van der Waals surface area contributed by atoms with Crippen LogP contribution >= 0.6 is 0 Å². The molecule has 98 valence electrons. The van der Waals surface area contributed by atoms with E-state index in [0.717, 1.165) is 10.6 Å². The van der Waals surface area contributed by atoms with Gasteiger partial charge in [0.25, 0.3) is 0 Å². The van der Waals surface area contributed by atoms with Gasteiger partial charge >= 0.3 is 17.2 Å². The van der Waals surface area contributed by atoms with Gasteiger partial charge in [0, 0.05) is 11.8 Å². The molecule has 1 aromatic rings. The molecule has 18 heavy (non-hydrogen) atoms. The highest BCUT2D eigenvalue weighted by atomic mass is 16.6. The quantitative estimate of drug-likeness (QED) is 0.444. The van der Waals surface area contributed by atoms with Crippen LogP contribution in [0.2, 0.25) is 0 Å². The highest BCUT2D eigenvalue weighted by molar-refractivity contribution is 5.69. The maximum absolute atomic E-state index is 11.8. The second kappa shape index (κ2) is 5.95. The number of nitro groups is 1. The number of nitrogens with zero attached hydrogens (tertiary/aromatic N) is 2. The van der Waals surface area contributed by atoms with Gasteiger partial charge in [0.15, 0.2) is 0 Å². The van der Waals surface area contributed by atoms with Gasteiger partial charge in [-0.1, -0.05) is 6.92 Å². The molecule has 0 spiro atoms. The number of hydrogen-bond donors (Lipinski definition) is 0. The van der Waals surface area contributed by atoms with E-state index in [-0.39, 0.29) is 13.2 Å². The predicted molar refractivity (Wildman–Crippen MR) is 63.3 cm³/mol. The zero-order valence-electron chi connectivity index (χ0n) is 10.2. The number of aromatic nitrogens is 1. The number of pyridine rings is 1. The Morgan fingerprint density at radius 1 is 1.50 bits per heavy atom. The van der Waals surface area contributed by atoms with Crippen molar-refractivity contribution in [3.8, 4) is 0 Å². The van der Waals surface area contributed by atoms with Crippen molar-refractivity contribution in [2.75, 3.05) is 6.61 Å². The molecule has 0 aliphatic rings. The van der Waals surface area contributed by atoms with E-state index in [1.165, 1.54) is 6.07 Å². The van der Waals surface area contributed by atoms with E-state index in [9.17, 15) is 19.7 Å². The first-order valence-electron chi connectivity index (χ1n) is 5.47. The van der Waals surface area contributed by atoms with E-state index in [4.69, 9.17) is 4.74 Å². The van der Waals surface area contributed by atoms with Gasteiger partial charge in [0.05, 0.1) is 11.5 Å². The summed E-state index contributed by atoms with van der Waals surface area (Å²) in [6, 6.07) is 2.55. The van der Waals surface area contributed by atoms with Crippen molar-refractivity contribution in [3.05, 3.63) is 38.3 Å². The average molecular weight is 254 g/mol. The van der Waals surface area contributed by atoms with E-state index in [1.807, 2.05) is 6.92 Å². The van der Waals surface area contributed by atoms with E-state index in [1.54, 1.807) is 6.92 Å². The Hall–Kier alpha value is -2.18. The third-order valence-electron chi connectivity index (χ3n) is 2.32. The fraction of sp³-hybridized carbons (Fsp3) is 0.455. The summed E-state index contributed by atoms with van der Waals surface area (Å²) in [5.74, 6) is -0.581. The number of hydrogen-bond acceptors (Lipinski definition) is 5. The summed E-state index contributed by atoms with van der Waals surface area (Å²) in [7, 11) is 0. The van der Waals surface area contributed by atoms with Crippen molar-refractivity contribution in [1.29, 1.82) is 0 Å². The fourth-order valence-corrected chi connectivity index (χ4v) is 1.39. The monoisotopic (exact) mass is 254 g/mol. The van der Waals surface area contributed by atoms with Crippen molar-refractivity contribution in [1.82, 2.24) is 4.57 Å².